The molecule has 1 aromatic carbocycles. The Morgan fingerprint density at radius 3 is 1.91 bits per heavy atom. The molecule has 0 heterocycles. The zero-order chi connectivity index (χ0) is 17.1. The number of carbonyl (C=O) groups excluding carboxylic acids is 2. The predicted molar refractivity (Wildman–Crippen MR) is 72.0 cm³/mol. The summed E-state index contributed by atoms with van der Waals surface area (Å²) in [7, 11) is 2.53. The number of ether oxygens (including phenoxy) is 2. The van der Waals surface area contributed by atoms with E-state index in [4.69, 9.17) is 9.47 Å². The van der Waals surface area contributed by atoms with E-state index < -0.39 is 29.8 Å². The monoisotopic (exact) mass is 319 g/mol. The minimum Gasteiger partial charge on any atom is -0.352 e. The fourth-order valence-corrected chi connectivity index (χ4v) is 2.02. The minimum atomic E-state index is -4.64. The number of methoxy groups -OCH3 is 2. The summed E-state index contributed by atoms with van der Waals surface area (Å²) in [5.41, 5.74) is -1.15. The Kier molecular flexibility index (Phi) is 5.67. The Morgan fingerprint density at radius 1 is 1.05 bits per heavy atom. The molecule has 2 amide bonds. The molecule has 0 aromatic heterocycles. The van der Waals surface area contributed by atoms with Gasteiger partial charge < -0.3 is 9.47 Å². The van der Waals surface area contributed by atoms with Gasteiger partial charge in [0.25, 0.3) is 0 Å². The molecule has 0 saturated heterocycles. The first-order valence-electron chi connectivity index (χ1n) is 6.20. The number of benzene rings is 1. The minimum absolute atomic E-state index is 0.0438. The fraction of sp³-hybridized carbons (Fsp3) is 0.429. The van der Waals surface area contributed by atoms with Gasteiger partial charge in [-0.05, 0) is 18.2 Å². The molecule has 0 unspecified atom stereocenters. The number of halogens is 3. The number of hydrogen-bond acceptors (Lipinski definition) is 4. The van der Waals surface area contributed by atoms with Crippen LogP contribution in [0.2, 0.25) is 0 Å². The third-order valence-electron chi connectivity index (χ3n) is 2.86. The van der Waals surface area contributed by atoms with E-state index in [1.807, 2.05) is 0 Å². The Bertz CT molecular complexity index is 554. The van der Waals surface area contributed by atoms with Gasteiger partial charge in [-0.15, -0.1) is 0 Å². The van der Waals surface area contributed by atoms with Crippen molar-refractivity contribution < 1.29 is 32.2 Å². The molecule has 0 saturated carbocycles. The van der Waals surface area contributed by atoms with Crippen LogP contribution < -0.4 is 4.90 Å². The molecule has 0 fully saturated rings. The third kappa shape index (κ3) is 4.05. The molecule has 0 bridgehead atoms. The van der Waals surface area contributed by atoms with Crippen molar-refractivity contribution in [2.45, 2.75) is 26.3 Å². The van der Waals surface area contributed by atoms with Crippen molar-refractivity contribution in [1.29, 1.82) is 0 Å². The number of rotatable bonds is 4. The third-order valence-corrected chi connectivity index (χ3v) is 2.86. The van der Waals surface area contributed by atoms with Gasteiger partial charge in [0.1, 0.15) is 0 Å². The summed E-state index contributed by atoms with van der Waals surface area (Å²) in [5.74, 6) is -1.38. The maximum Gasteiger partial charge on any atom is 0.416 e. The molecule has 0 radical (unpaired) electrons. The second-order valence-corrected chi connectivity index (χ2v) is 4.49. The zero-order valence-electron chi connectivity index (χ0n) is 12.5. The van der Waals surface area contributed by atoms with E-state index in [9.17, 15) is 22.8 Å². The van der Waals surface area contributed by atoms with Crippen LogP contribution in [0.3, 0.4) is 0 Å². The SMILES string of the molecule is COC(OC)c1cc(N(C(C)=O)C(C)=O)cc(C(F)(F)F)c1. The van der Waals surface area contributed by atoms with E-state index in [-0.39, 0.29) is 11.3 Å². The first-order valence-corrected chi connectivity index (χ1v) is 6.20. The highest BCUT2D eigenvalue weighted by Gasteiger charge is 2.33. The van der Waals surface area contributed by atoms with Gasteiger partial charge in [0.15, 0.2) is 6.29 Å². The highest BCUT2D eigenvalue weighted by Crippen LogP contribution is 2.35. The summed E-state index contributed by atoms with van der Waals surface area (Å²) in [6, 6.07) is 2.82. The Labute approximate surface area is 125 Å². The van der Waals surface area contributed by atoms with Gasteiger partial charge in [0.05, 0.1) is 11.3 Å². The molecule has 0 spiro atoms. The number of hydrogen-bond donors (Lipinski definition) is 0. The average molecular weight is 319 g/mol. The molecule has 22 heavy (non-hydrogen) atoms. The molecule has 8 heteroatoms. The van der Waals surface area contributed by atoms with E-state index in [1.165, 1.54) is 20.3 Å². The first kappa shape index (κ1) is 18.1. The number of anilines is 1. The van der Waals surface area contributed by atoms with E-state index >= 15 is 0 Å². The Morgan fingerprint density at radius 2 is 1.55 bits per heavy atom. The Balaban J connectivity index is 3.53. The average Bonchev–Trinajstić information content (AvgIpc) is 2.38. The molecular formula is C14H16F3NO4. The summed E-state index contributed by atoms with van der Waals surface area (Å²) >= 11 is 0. The lowest BCUT2D eigenvalue weighted by Crippen LogP contribution is -2.33. The van der Waals surface area contributed by atoms with Gasteiger partial charge in [-0.1, -0.05) is 0 Å². The Hall–Kier alpha value is -1.93. The molecule has 0 N–H and O–H groups in total. The molecule has 0 aliphatic carbocycles. The predicted octanol–water partition coefficient (Wildman–Crippen LogP) is 2.90. The second kappa shape index (κ2) is 6.89. The second-order valence-electron chi connectivity index (χ2n) is 4.49. The first-order chi connectivity index (χ1) is 10.1. The van der Waals surface area contributed by atoms with Crippen molar-refractivity contribution >= 4 is 17.5 Å². The zero-order valence-corrected chi connectivity index (χ0v) is 12.5. The van der Waals surface area contributed by atoms with Gasteiger partial charge in [0, 0.05) is 33.6 Å². The fourth-order valence-electron chi connectivity index (χ4n) is 2.02. The van der Waals surface area contributed by atoms with Gasteiger partial charge in [0.2, 0.25) is 11.8 Å². The molecule has 5 nitrogen and oxygen atoms in total. The number of amides is 2. The van der Waals surface area contributed by atoms with Gasteiger partial charge in [-0.3, -0.25) is 14.5 Å². The molecule has 0 aliphatic heterocycles. The summed E-state index contributed by atoms with van der Waals surface area (Å²) < 4.78 is 48.9. The van der Waals surface area contributed by atoms with Crippen molar-refractivity contribution in [3.05, 3.63) is 29.3 Å². The van der Waals surface area contributed by atoms with Crippen molar-refractivity contribution in [1.82, 2.24) is 0 Å². The molecular weight excluding hydrogens is 303 g/mol. The van der Waals surface area contributed by atoms with Crippen molar-refractivity contribution in [3.63, 3.8) is 0 Å². The smallest absolute Gasteiger partial charge is 0.352 e. The summed E-state index contributed by atoms with van der Waals surface area (Å²) in [4.78, 5) is 23.7. The lowest BCUT2D eigenvalue weighted by molar-refractivity contribution is -0.138. The summed E-state index contributed by atoms with van der Waals surface area (Å²) in [5, 5.41) is 0. The molecule has 122 valence electrons. The highest BCUT2D eigenvalue weighted by molar-refractivity contribution is 6.13. The molecule has 1 aromatic rings. The standard InChI is InChI=1S/C14H16F3NO4/c1-8(19)18(9(2)20)12-6-10(13(21-3)22-4)5-11(7-12)14(15,16)17/h5-7,13H,1-4H3. The molecule has 1 rings (SSSR count). The van der Waals surface area contributed by atoms with Gasteiger partial charge in [-0.25, -0.2) is 0 Å². The number of nitrogens with zero attached hydrogens (tertiary/aromatic N) is 1. The summed E-state index contributed by atoms with van der Waals surface area (Å²) in [6.07, 6.45) is -5.70. The van der Waals surface area contributed by atoms with Crippen LogP contribution in [0.1, 0.15) is 31.3 Å². The van der Waals surface area contributed by atoms with Crippen LogP contribution in [0.5, 0.6) is 0 Å². The van der Waals surface area contributed by atoms with Gasteiger partial charge >= 0.3 is 6.18 Å². The lowest BCUT2D eigenvalue weighted by atomic mass is 10.1. The van der Waals surface area contributed by atoms with Crippen molar-refractivity contribution in [3.8, 4) is 0 Å². The van der Waals surface area contributed by atoms with Gasteiger partial charge in [-0.2, -0.15) is 13.2 Å². The largest absolute Gasteiger partial charge is 0.416 e. The van der Waals surface area contributed by atoms with Crippen LogP contribution in [0.4, 0.5) is 18.9 Å². The lowest BCUT2D eigenvalue weighted by Gasteiger charge is -2.22. The molecule has 0 aliphatic rings. The van der Waals surface area contributed by atoms with Crippen molar-refractivity contribution in [2.24, 2.45) is 0 Å². The number of alkyl halides is 3. The maximum absolute atomic E-state index is 13.0. The topological polar surface area (TPSA) is 55.8 Å². The quantitative estimate of drug-likeness (QED) is 0.801. The van der Waals surface area contributed by atoms with Crippen LogP contribution in [0.15, 0.2) is 18.2 Å². The highest BCUT2D eigenvalue weighted by atomic mass is 19.4. The van der Waals surface area contributed by atoms with Crippen molar-refractivity contribution in [2.75, 3.05) is 19.1 Å². The maximum atomic E-state index is 13.0. The van der Waals surface area contributed by atoms with Crippen LogP contribution in [0, 0.1) is 0 Å². The van der Waals surface area contributed by atoms with E-state index in [2.05, 4.69) is 0 Å². The van der Waals surface area contributed by atoms with Crippen LogP contribution >= 0.6 is 0 Å². The van der Waals surface area contributed by atoms with Crippen LogP contribution in [-0.4, -0.2) is 26.0 Å². The molecule has 0 atom stereocenters. The number of imide groups is 1. The normalized spacial score (nSPS) is 11.6. The van der Waals surface area contributed by atoms with Crippen LogP contribution in [0.25, 0.3) is 0 Å². The van der Waals surface area contributed by atoms with E-state index in [1.54, 1.807) is 0 Å². The van der Waals surface area contributed by atoms with E-state index in [0.29, 0.717) is 4.90 Å². The number of carbonyl (C=O) groups is 2. The van der Waals surface area contributed by atoms with E-state index in [0.717, 1.165) is 26.0 Å². The van der Waals surface area contributed by atoms with Crippen LogP contribution in [-0.2, 0) is 25.2 Å². The summed E-state index contributed by atoms with van der Waals surface area (Å²) in [6.45, 7) is 2.18.